The summed E-state index contributed by atoms with van der Waals surface area (Å²) < 4.78 is 0. The second-order valence-corrected chi connectivity index (χ2v) is 7.13. The number of aromatic nitrogens is 2. The van der Waals surface area contributed by atoms with E-state index in [9.17, 15) is 4.79 Å². The van der Waals surface area contributed by atoms with Crippen molar-refractivity contribution in [2.24, 2.45) is 0 Å². The SMILES string of the molecule is Nc1cc(-c2n[nH]c(=O)c3ccccc23)ccc1N1CCN(CCCO)CC1. The smallest absolute Gasteiger partial charge is 0.272 e. The van der Waals surface area contributed by atoms with Crippen molar-refractivity contribution in [1.29, 1.82) is 0 Å². The Hall–Kier alpha value is -2.90. The summed E-state index contributed by atoms with van der Waals surface area (Å²) in [5, 5.41) is 17.3. The van der Waals surface area contributed by atoms with Crippen molar-refractivity contribution in [1.82, 2.24) is 15.1 Å². The van der Waals surface area contributed by atoms with Crippen LogP contribution in [0.2, 0.25) is 0 Å². The maximum Gasteiger partial charge on any atom is 0.272 e. The third kappa shape index (κ3) is 3.58. The average molecular weight is 379 g/mol. The van der Waals surface area contributed by atoms with E-state index in [1.54, 1.807) is 6.07 Å². The minimum atomic E-state index is -0.192. The largest absolute Gasteiger partial charge is 0.397 e. The molecule has 0 amide bonds. The number of hydrogen-bond donors (Lipinski definition) is 3. The molecular formula is C21H25N5O2. The normalized spacial score (nSPS) is 15.2. The summed E-state index contributed by atoms with van der Waals surface area (Å²) >= 11 is 0. The molecule has 1 aliphatic rings. The van der Waals surface area contributed by atoms with Crippen LogP contribution in [-0.2, 0) is 0 Å². The van der Waals surface area contributed by atoms with Crippen LogP contribution in [0.5, 0.6) is 0 Å². The summed E-state index contributed by atoms with van der Waals surface area (Å²) in [6, 6.07) is 13.4. The number of rotatable bonds is 5. The maximum absolute atomic E-state index is 12.0. The van der Waals surface area contributed by atoms with Gasteiger partial charge < -0.3 is 15.7 Å². The second-order valence-electron chi connectivity index (χ2n) is 7.13. The minimum Gasteiger partial charge on any atom is -0.397 e. The molecule has 0 aliphatic carbocycles. The Morgan fingerprint density at radius 3 is 2.54 bits per heavy atom. The summed E-state index contributed by atoms with van der Waals surface area (Å²) in [4.78, 5) is 16.7. The van der Waals surface area contributed by atoms with Gasteiger partial charge in [0.1, 0.15) is 0 Å². The predicted octanol–water partition coefficient (Wildman–Crippen LogP) is 1.68. The monoisotopic (exact) mass is 379 g/mol. The zero-order chi connectivity index (χ0) is 19.5. The number of aliphatic hydroxyl groups is 1. The number of nitrogens with one attached hydrogen (secondary N) is 1. The molecule has 1 aromatic heterocycles. The topological polar surface area (TPSA) is 98.5 Å². The van der Waals surface area contributed by atoms with Gasteiger partial charge in [0.2, 0.25) is 0 Å². The Bertz CT molecular complexity index is 1020. The Morgan fingerprint density at radius 1 is 1.07 bits per heavy atom. The predicted molar refractivity (Wildman–Crippen MR) is 113 cm³/mol. The summed E-state index contributed by atoms with van der Waals surface area (Å²) in [7, 11) is 0. The van der Waals surface area contributed by atoms with Gasteiger partial charge in [0, 0.05) is 50.3 Å². The fraction of sp³-hybridized carbons (Fsp3) is 0.333. The van der Waals surface area contributed by atoms with Gasteiger partial charge in [-0.3, -0.25) is 9.69 Å². The van der Waals surface area contributed by atoms with Gasteiger partial charge in [-0.2, -0.15) is 5.10 Å². The van der Waals surface area contributed by atoms with Crippen LogP contribution in [0.3, 0.4) is 0 Å². The van der Waals surface area contributed by atoms with Crippen molar-refractivity contribution in [3.05, 3.63) is 52.8 Å². The van der Waals surface area contributed by atoms with Crippen LogP contribution in [0, 0.1) is 0 Å². The molecule has 0 unspecified atom stereocenters. The van der Waals surface area contributed by atoms with Gasteiger partial charge in [-0.25, -0.2) is 5.10 Å². The highest BCUT2D eigenvalue weighted by Crippen LogP contribution is 2.31. The van der Waals surface area contributed by atoms with Gasteiger partial charge in [-0.05, 0) is 24.6 Å². The number of nitrogens with two attached hydrogens (primary N) is 1. The molecule has 3 aromatic rings. The van der Waals surface area contributed by atoms with Gasteiger partial charge >= 0.3 is 0 Å². The van der Waals surface area contributed by atoms with E-state index in [0.717, 1.165) is 61.5 Å². The van der Waals surface area contributed by atoms with E-state index in [4.69, 9.17) is 10.8 Å². The Labute approximate surface area is 163 Å². The number of fused-ring (bicyclic) bond motifs is 1. The number of benzene rings is 2. The Morgan fingerprint density at radius 2 is 1.82 bits per heavy atom. The fourth-order valence-corrected chi connectivity index (χ4v) is 3.83. The molecule has 1 aliphatic heterocycles. The molecule has 2 aromatic carbocycles. The van der Waals surface area contributed by atoms with Crippen molar-refractivity contribution in [2.75, 3.05) is 50.0 Å². The van der Waals surface area contributed by atoms with Crippen molar-refractivity contribution in [3.8, 4) is 11.3 Å². The van der Waals surface area contributed by atoms with Crippen LogP contribution >= 0.6 is 0 Å². The number of nitrogen functional groups attached to an aromatic ring is 1. The van der Waals surface area contributed by atoms with Gasteiger partial charge in [0.05, 0.1) is 22.5 Å². The van der Waals surface area contributed by atoms with E-state index in [0.29, 0.717) is 11.1 Å². The standard InChI is InChI=1S/C21H25N5O2/c22-18-14-15(20-16-4-1-2-5-17(16)21(28)24-23-20)6-7-19(18)26-11-9-25(10-12-26)8-3-13-27/h1-2,4-7,14,27H,3,8-13,22H2,(H,24,28). The molecule has 0 atom stereocenters. The van der Waals surface area contributed by atoms with Gasteiger partial charge in [-0.1, -0.05) is 24.3 Å². The lowest BCUT2D eigenvalue weighted by molar-refractivity contribution is 0.216. The number of aliphatic hydroxyl groups excluding tert-OH is 1. The molecule has 0 radical (unpaired) electrons. The van der Waals surface area contributed by atoms with Crippen molar-refractivity contribution >= 4 is 22.1 Å². The van der Waals surface area contributed by atoms with E-state index in [2.05, 4.69) is 20.0 Å². The molecule has 0 spiro atoms. The summed E-state index contributed by atoms with van der Waals surface area (Å²) in [5.41, 5.74) is 9.54. The molecule has 7 heteroatoms. The van der Waals surface area contributed by atoms with E-state index in [-0.39, 0.29) is 12.2 Å². The first-order valence-electron chi connectivity index (χ1n) is 9.63. The van der Waals surface area contributed by atoms with Crippen LogP contribution in [0.1, 0.15) is 6.42 Å². The van der Waals surface area contributed by atoms with E-state index >= 15 is 0 Å². The fourth-order valence-electron chi connectivity index (χ4n) is 3.83. The molecular weight excluding hydrogens is 354 g/mol. The number of piperazine rings is 1. The van der Waals surface area contributed by atoms with Gasteiger partial charge in [0.25, 0.3) is 5.56 Å². The molecule has 7 nitrogen and oxygen atoms in total. The first-order chi connectivity index (χ1) is 13.7. The van der Waals surface area contributed by atoms with Crippen LogP contribution in [0.4, 0.5) is 11.4 Å². The highest BCUT2D eigenvalue weighted by atomic mass is 16.3. The zero-order valence-corrected chi connectivity index (χ0v) is 15.8. The van der Waals surface area contributed by atoms with Gasteiger partial charge in [0.15, 0.2) is 0 Å². The zero-order valence-electron chi connectivity index (χ0n) is 15.8. The molecule has 2 heterocycles. The minimum absolute atomic E-state index is 0.192. The Balaban J connectivity index is 1.58. The lowest BCUT2D eigenvalue weighted by Crippen LogP contribution is -2.46. The molecule has 0 saturated carbocycles. The third-order valence-corrected chi connectivity index (χ3v) is 5.34. The lowest BCUT2D eigenvalue weighted by atomic mass is 10.0. The highest BCUT2D eigenvalue weighted by molar-refractivity contribution is 5.94. The number of nitrogens with zero attached hydrogens (tertiary/aromatic N) is 3. The van der Waals surface area contributed by atoms with E-state index in [1.165, 1.54) is 0 Å². The van der Waals surface area contributed by atoms with Crippen molar-refractivity contribution < 1.29 is 5.11 Å². The number of anilines is 2. The van der Waals surface area contributed by atoms with Gasteiger partial charge in [-0.15, -0.1) is 0 Å². The molecule has 28 heavy (non-hydrogen) atoms. The molecule has 0 bridgehead atoms. The first-order valence-corrected chi connectivity index (χ1v) is 9.63. The van der Waals surface area contributed by atoms with Crippen LogP contribution in [0.15, 0.2) is 47.3 Å². The van der Waals surface area contributed by atoms with E-state index in [1.807, 2.05) is 36.4 Å². The summed E-state index contributed by atoms with van der Waals surface area (Å²) in [6.07, 6.45) is 0.816. The summed E-state index contributed by atoms with van der Waals surface area (Å²) in [5.74, 6) is 0. The van der Waals surface area contributed by atoms with E-state index < -0.39 is 0 Å². The van der Waals surface area contributed by atoms with Crippen molar-refractivity contribution in [3.63, 3.8) is 0 Å². The first kappa shape index (κ1) is 18.5. The number of H-pyrrole nitrogens is 1. The van der Waals surface area contributed by atoms with Crippen LogP contribution in [0.25, 0.3) is 22.0 Å². The van der Waals surface area contributed by atoms with Crippen LogP contribution < -0.4 is 16.2 Å². The molecule has 4 rings (SSSR count). The molecule has 146 valence electrons. The molecule has 1 saturated heterocycles. The van der Waals surface area contributed by atoms with Crippen LogP contribution in [-0.4, -0.2) is 59.5 Å². The maximum atomic E-state index is 12.0. The molecule has 1 fully saturated rings. The number of aromatic amines is 1. The summed E-state index contributed by atoms with van der Waals surface area (Å²) in [6.45, 7) is 4.93. The highest BCUT2D eigenvalue weighted by Gasteiger charge is 2.19. The van der Waals surface area contributed by atoms with Crippen molar-refractivity contribution in [2.45, 2.75) is 6.42 Å². The lowest BCUT2D eigenvalue weighted by Gasteiger charge is -2.36. The number of hydrogen-bond acceptors (Lipinski definition) is 6. The quantitative estimate of drug-likeness (QED) is 0.584. The second kappa shape index (κ2) is 8.00. The molecule has 4 N–H and O–H groups in total. The third-order valence-electron chi connectivity index (χ3n) is 5.34. The average Bonchev–Trinajstić information content (AvgIpc) is 2.73. The Kier molecular flexibility index (Phi) is 5.27.